The van der Waals surface area contributed by atoms with Crippen LogP contribution in [-0.2, 0) is 9.53 Å². The molecule has 0 radical (unpaired) electrons. The van der Waals surface area contributed by atoms with Crippen LogP contribution in [0.3, 0.4) is 0 Å². The van der Waals surface area contributed by atoms with E-state index in [4.69, 9.17) is 4.74 Å². The van der Waals surface area contributed by atoms with Gasteiger partial charge in [0.25, 0.3) is 0 Å². The predicted octanol–water partition coefficient (Wildman–Crippen LogP) is 3.63. The Hall–Kier alpha value is -1.09. The fourth-order valence-electron chi connectivity index (χ4n) is 4.49. The number of allylic oxidation sites excluding steroid dienone is 3. The lowest BCUT2D eigenvalue weighted by molar-refractivity contribution is -0.154. The highest BCUT2D eigenvalue weighted by molar-refractivity contribution is 5.70. The SMILES string of the molecule is C[C@H]1C=C2C=C[C@H](C)[C@H](CCC3CCCC(=O)O3)C2[C@@H](O)C1. The van der Waals surface area contributed by atoms with Crippen molar-refractivity contribution in [2.45, 2.75) is 64.6 Å². The molecule has 6 atom stereocenters. The average molecular weight is 304 g/mol. The Labute approximate surface area is 133 Å². The number of hydrogen-bond acceptors (Lipinski definition) is 3. The van der Waals surface area contributed by atoms with E-state index in [0.717, 1.165) is 32.1 Å². The summed E-state index contributed by atoms with van der Waals surface area (Å²) in [5, 5.41) is 10.6. The Balaban J connectivity index is 1.67. The van der Waals surface area contributed by atoms with Crippen molar-refractivity contribution in [2.75, 3.05) is 0 Å². The normalized spacial score (nSPS) is 41.6. The number of rotatable bonds is 3. The number of carbonyl (C=O) groups excluding carboxylic acids is 1. The zero-order valence-electron chi connectivity index (χ0n) is 13.7. The van der Waals surface area contributed by atoms with Gasteiger partial charge in [0, 0.05) is 12.3 Å². The van der Waals surface area contributed by atoms with Crippen LogP contribution in [0.2, 0.25) is 0 Å². The van der Waals surface area contributed by atoms with E-state index in [2.05, 4.69) is 32.1 Å². The molecule has 0 bridgehead atoms. The Bertz CT molecular complexity index is 479. The minimum absolute atomic E-state index is 0.0417. The number of ether oxygens (including phenoxy) is 1. The first kappa shape index (κ1) is 15.8. The van der Waals surface area contributed by atoms with Crippen molar-refractivity contribution in [2.24, 2.45) is 23.7 Å². The number of carbonyl (C=O) groups is 1. The molecule has 1 N–H and O–H groups in total. The summed E-state index contributed by atoms with van der Waals surface area (Å²) in [5.41, 5.74) is 1.31. The standard InChI is InChI=1S/C19H28O3/c1-12-10-14-7-6-13(2)16(19(14)17(20)11-12)9-8-15-4-3-5-18(21)22-15/h6-7,10,12-13,15-17,19-20H,3-5,8-9,11H2,1-2H3/t12-,13-,15?,16-,17-,19?/m0/s1. The van der Waals surface area contributed by atoms with Crippen molar-refractivity contribution in [3.05, 3.63) is 23.8 Å². The van der Waals surface area contributed by atoms with E-state index < -0.39 is 0 Å². The van der Waals surface area contributed by atoms with Crippen LogP contribution < -0.4 is 0 Å². The third-order valence-electron chi connectivity index (χ3n) is 5.65. The fourth-order valence-corrected chi connectivity index (χ4v) is 4.49. The topological polar surface area (TPSA) is 46.5 Å². The second kappa shape index (κ2) is 6.57. The Morgan fingerprint density at radius 1 is 1.32 bits per heavy atom. The first-order valence-corrected chi connectivity index (χ1v) is 8.82. The van der Waals surface area contributed by atoms with E-state index in [1.54, 1.807) is 0 Å². The average Bonchev–Trinajstić information content (AvgIpc) is 2.46. The Morgan fingerprint density at radius 2 is 2.14 bits per heavy atom. The van der Waals surface area contributed by atoms with Gasteiger partial charge in [0.2, 0.25) is 0 Å². The van der Waals surface area contributed by atoms with Gasteiger partial charge in [-0.3, -0.25) is 4.79 Å². The second-order valence-corrected chi connectivity index (χ2v) is 7.44. The third-order valence-corrected chi connectivity index (χ3v) is 5.65. The summed E-state index contributed by atoms with van der Waals surface area (Å²) in [6, 6.07) is 0. The maximum atomic E-state index is 11.4. The Kier molecular flexibility index (Phi) is 4.72. The van der Waals surface area contributed by atoms with Crippen molar-refractivity contribution in [3.8, 4) is 0 Å². The van der Waals surface area contributed by atoms with Gasteiger partial charge in [-0.05, 0) is 55.4 Å². The molecular weight excluding hydrogens is 276 g/mol. The van der Waals surface area contributed by atoms with Gasteiger partial charge in [-0.25, -0.2) is 0 Å². The molecule has 0 amide bonds. The van der Waals surface area contributed by atoms with Crippen molar-refractivity contribution >= 4 is 5.97 Å². The summed E-state index contributed by atoms with van der Waals surface area (Å²) in [4.78, 5) is 11.4. The predicted molar refractivity (Wildman–Crippen MR) is 86.1 cm³/mol. The Morgan fingerprint density at radius 3 is 2.91 bits per heavy atom. The lowest BCUT2D eigenvalue weighted by Gasteiger charge is -2.42. The number of aliphatic hydroxyl groups is 1. The number of cyclic esters (lactones) is 1. The van der Waals surface area contributed by atoms with Gasteiger partial charge in [-0.2, -0.15) is 0 Å². The van der Waals surface area contributed by atoms with Crippen molar-refractivity contribution in [1.29, 1.82) is 0 Å². The van der Waals surface area contributed by atoms with Gasteiger partial charge in [0.15, 0.2) is 0 Å². The van der Waals surface area contributed by atoms with Gasteiger partial charge in [-0.1, -0.05) is 32.1 Å². The highest BCUT2D eigenvalue weighted by Crippen LogP contribution is 2.43. The molecular formula is C19H28O3. The summed E-state index contributed by atoms with van der Waals surface area (Å²) in [7, 11) is 0. The van der Waals surface area contributed by atoms with Crippen molar-refractivity contribution in [3.63, 3.8) is 0 Å². The molecule has 1 fully saturated rings. The van der Waals surface area contributed by atoms with E-state index in [1.165, 1.54) is 5.57 Å². The largest absolute Gasteiger partial charge is 0.462 e. The number of fused-ring (bicyclic) bond motifs is 1. The van der Waals surface area contributed by atoms with Gasteiger partial charge in [0.1, 0.15) is 6.10 Å². The van der Waals surface area contributed by atoms with E-state index in [-0.39, 0.29) is 24.1 Å². The number of aliphatic hydroxyl groups excluding tert-OH is 1. The van der Waals surface area contributed by atoms with Crippen LogP contribution in [0.5, 0.6) is 0 Å². The summed E-state index contributed by atoms with van der Waals surface area (Å²) >= 11 is 0. The van der Waals surface area contributed by atoms with Crippen LogP contribution in [0.15, 0.2) is 23.8 Å². The summed E-state index contributed by atoms with van der Waals surface area (Å²) in [6.07, 6.45) is 12.0. The molecule has 2 unspecified atom stereocenters. The maximum Gasteiger partial charge on any atom is 0.306 e. The van der Waals surface area contributed by atoms with Crippen LogP contribution in [0.4, 0.5) is 0 Å². The molecule has 1 aliphatic heterocycles. The van der Waals surface area contributed by atoms with E-state index in [9.17, 15) is 9.90 Å². The summed E-state index contributed by atoms with van der Waals surface area (Å²) in [6.45, 7) is 4.42. The molecule has 3 heteroatoms. The first-order chi connectivity index (χ1) is 10.5. The van der Waals surface area contributed by atoms with Gasteiger partial charge >= 0.3 is 5.97 Å². The van der Waals surface area contributed by atoms with E-state index in [0.29, 0.717) is 24.2 Å². The third kappa shape index (κ3) is 3.29. The zero-order chi connectivity index (χ0) is 15.7. The lowest BCUT2D eigenvalue weighted by Crippen LogP contribution is -2.38. The molecule has 1 saturated heterocycles. The highest BCUT2D eigenvalue weighted by Gasteiger charge is 2.38. The van der Waals surface area contributed by atoms with Crippen molar-refractivity contribution in [1.82, 2.24) is 0 Å². The van der Waals surface area contributed by atoms with E-state index >= 15 is 0 Å². The number of esters is 1. The van der Waals surface area contributed by atoms with Crippen LogP contribution in [0, 0.1) is 23.7 Å². The van der Waals surface area contributed by atoms with Crippen molar-refractivity contribution < 1.29 is 14.6 Å². The molecule has 0 spiro atoms. The quantitative estimate of drug-likeness (QED) is 0.810. The smallest absolute Gasteiger partial charge is 0.306 e. The minimum Gasteiger partial charge on any atom is -0.462 e. The molecule has 0 aromatic rings. The number of hydrogen-bond donors (Lipinski definition) is 1. The zero-order valence-corrected chi connectivity index (χ0v) is 13.7. The molecule has 0 saturated carbocycles. The molecule has 3 aliphatic rings. The van der Waals surface area contributed by atoms with Gasteiger partial charge < -0.3 is 9.84 Å². The lowest BCUT2D eigenvalue weighted by atomic mass is 9.65. The monoisotopic (exact) mass is 304 g/mol. The second-order valence-electron chi connectivity index (χ2n) is 7.44. The molecule has 0 aromatic heterocycles. The molecule has 2 aliphatic carbocycles. The molecule has 1 heterocycles. The minimum atomic E-state index is -0.235. The molecule has 22 heavy (non-hydrogen) atoms. The van der Waals surface area contributed by atoms with Gasteiger partial charge in [-0.15, -0.1) is 0 Å². The summed E-state index contributed by atoms with van der Waals surface area (Å²) < 4.78 is 5.46. The first-order valence-electron chi connectivity index (χ1n) is 8.82. The highest BCUT2D eigenvalue weighted by atomic mass is 16.5. The fraction of sp³-hybridized carbons (Fsp3) is 0.737. The summed E-state index contributed by atoms with van der Waals surface area (Å²) in [5.74, 6) is 1.61. The molecule has 3 nitrogen and oxygen atoms in total. The molecule has 122 valence electrons. The van der Waals surface area contributed by atoms with E-state index in [1.807, 2.05) is 0 Å². The maximum absolute atomic E-state index is 11.4. The van der Waals surface area contributed by atoms with Crippen LogP contribution in [-0.4, -0.2) is 23.3 Å². The van der Waals surface area contributed by atoms with Crippen LogP contribution in [0.1, 0.15) is 52.4 Å². The van der Waals surface area contributed by atoms with Gasteiger partial charge in [0.05, 0.1) is 6.10 Å². The molecule has 0 aromatic carbocycles. The van der Waals surface area contributed by atoms with Crippen LogP contribution >= 0.6 is 0 Å². The van der Waals surface area contributed by atoms with Crippen LogP contribution in [0.25, 0.3) is 0 Å². The molecule has 3 rings (SSSR count).